The molecular weight excluding hydrogens is 382 g/mol. The molecule has 4 rings (SSSR count). The number of hydrogen-bond acceptors (Lipinski definition) is 7. The largest absolute Gasteiger partial charge is 0.497 e. The average Bonchev–Trinajstić information content (AvgIpc) is 3.11. The highest BCUT2D eigenvalue weighted by molar-refractivity contribution is 8.00. The third-order valence-corrected chi connectivity index (χ3v) is 6.36. The van der Waals surface area contributed by atoms with Crippen molar-refractivity contribution in [2.45, 2.75) is 23.4 Å². The van der Waals surface area contributed by atoms with Gasteiger partial charge in [0, 0.05) is 29.8 Å². The zero-order valence-electron chi connectivity index (χ0n) is 15.0. The van der Waals surface area contributed by atoms with Crippen LogP contribution in [-0.4, -0.2) is 39.8 Å². The fourth-order valence-electron chi connectivity index (χ4n) is 3.16. The van der Waals surface area contributed by atoms with Crippen LogP contribution in [0.2, 0.25) is 0 Å². The number of ether oxygens (including phenoxy) is 2. The van der Waals surface area contributed by atoms with E-state index in [9.17, 15) is 4.79 Å². The van der Waals surface area contributed by atoms with Crippen molar-refractivity contribution < 1.29 is 9.47 Å². The number of benzene rings is 1. The average molecular weight is 402 g/mol. The molecule has 0 unspecified atom stereocenters. The summed E-state index contributed by atoms with van der Waals surface area (Å²) in [6.07, 6.45) is 2.38. The Morgan fingerprint density at radius 3 is 2.59 bits per heavy atom. The lowest BCUT2D eigenvalue weighted by atomic mass is 10.1. The van der Waals surface area contributed by atoms with Crippen molar-refractivity contribution in [2.75, 3.05) is 20.0 Å². The first-order valence-electron chi connectivity index (χ1n) is 8.50. The lowest BCUT2D eigenvalue weighted by molar-refractivity contribution is 0.393. The van der Waals surface area contributed by atoms with Gasteiger partial charge >= 0.3 is 0 Å². The summed E-state index contributed by atoms with van der Waals surface area (Å²) < 4.78 is 12.4. The summed E-state index contributed by atoms with van der Waals surface area (Å²) in [4.78, 5) is 21.8. The van der Waals surface area contributed by atoms with E-state index in [0.29, 0.717) is 29.8 Å². The molecule has 1 aromatic carbocycles. The van der Waals surface area contributed by atoms with Gasteiger partial charge in [0.2, 0.25) is 0 Å². The Labute approximate surface area is 166 Å². The normalized spacial score (nSPS) is 15.7. The van der Waals surface area contributed by atoms with Crippen LogP contribution in [0.3, 0.4) is 0 Å². The van der Waals surface area contributed by atoms with E-state index in [1.807, 2.05) is 24.3 Å². The molecule has 2 aromatic heterocycles. The number of thiol groups is 1. The van der Waals surface area contributed by atoms with Crippen LogP contribution in [0, 0.1) is 0 Å². The van der Waals surface area contributed by atoms with Crippen LogP contribution in [0.25, 0.3) is 11.0 Å². The maximum atomic E-state index is 12.7. The Balaban J connectivity index is 1.71. The number of methoxy groups -OCH3 is 2. The molecule has 0 saturated carbocycles. The molecule has 1 aliphatic rings. The molecule has 3 aromatic rings. The fourth-order valence-corrected chi connectivity index (χ4v) is 4.53. The molecule has 6 nitrogen and oxygen atoms in total. The van der Waals surface area contributed by atoms with E-state index in [0.717, 1.165) is 27.8 Å². The fraction of sp³-hybridized carbons (Fsp3) is 0.316. The highest BCUT2D eigenvalue weighted by atomic mass is 32.2. The predicted molar refractivity (Wildman–Crippen MR) is 110 cm³/mol. The monoisotopic (exact) mass is 401 g/mol. The number of thioether (sulfide) groups is 1. The van der Waals surface area contributed by atoms with Crippen LogP contribution in [0.1, 0.15) is 11.1 Å². The zero-order valence-corrected chi connectivity index (χ0v) is 16.7. The minimum Gasteiger partial charge on any atom is -0.497 e. The van der Waals surface area contributed by atoms with Crippen molar-refractivity contribution in [1.29, 1.82) is 0 Å². The van der Waals surface area contributed by atoms with E-state index < -0.39 is 0 Å². The summed E-state index contributed by atoms with van der Waals surface area (Å²) in [5, 5.41) is 1.02. The number of nitrogens with zero attached hydrogens (tertiary/aromatic N) is 3. The molecule has 8 heteroatoms. The van der Waals surface area contributed by atoms with E-state index in [1.165, 1.54) is 0 Å². The lowest BCUT2D eigenvalue weighted by Crippen LogP contribution is -2.23. The Morgan fingerprint density at radius 1 is 1.19 bits per heavy atom. The van der Waals surface area contributed by atoms with Gasteiger partial charge in [-0.1, -0.05) is 11.8 Å². The van der Waals surface area contributed by atoms with Gasteiger partial charge in [-0.3, -0.25) is 9.36 Å². The summed E-state index contributed by atoms with van der Waals surface area (Å²) in [6.45, 7) is 0.637. The van der Waals surface area contributed by atoms with Crippen molar-refractivity contribution in [3.63, 3.8) is 0 Å². The molecular formula is C19H19N3O3S2. The second-order valence-corrected chi connectivity index (χ2v) is 7.97. The Kier molecular flexibility index (Phi) is 5.01. The van der Waals surface area contributed by atoms with Crippen LogP contribution in [0.5, 0.6) is 11.5 Å². The molecule has 0 bridgehead atoms. The molecule has 0 aliphatic carbocycles. The third-order valence-electron chi connectivity index (χ3n) is 4.50. The van der Waals surface area contributed by atoms with Crippen LogP contribution in [0.4, 0.5) is 0 Å². The molecule has 0 amide bonds. The molecule has 0 fully saturated rings. The lowest BCUT2D eigenvalue weighted by Gasteiger charge is -2.09. The predicted octanol–water partition coefficient (Wildman–Crippen LogP) is 2.80. The Hall–Kier alpha value is -2.19. The first-order chi connectivity index (χ1) is 13.1. The summed E-state index contributed by atoms with van der Waals surface area (Å²) in [5.74, 6) is 2.18. The van der Waals surface area contributed by atoms with Crippen LogP contribution in [-0.2, 0) is 13.0 Å². The standard InChI is InChI=1S/C19H19N3O3S2/c1-24-13-4-11(5-14(7-13)25-2)3-12-6-16-17(20-8-12)18(23)22-9-15(10-26)27-19(22)21-16/h4-8,15,26H,3,9-10H2,1-2H3/t15-/m1/s1. The summed E-state index contributed by atoms with van der Waals surface area (Å²) in [6, 6.07) is 7.70. The third kappa shape index (κ3) is 3.51. The molecule has 140 valence electrons. The molecule has 1 aliphatic heterocycles. The van der Waals surface area contributed by atoms with Gasteiger partial charge < -0.3 is 9.47 Å². The van der Waals surface area contributed by atoms with E-state index in [2.05, 4.69) is 22.6 Å². The first kappa shape index (κ1) is 18.2. The second kappa shape index (κ2) is 7.44. The van der Waals surface area contributed by atoms with Crippen molar-refractivity contribution in [3.05, 3.63) is 51.9 Å². The van der Waals surface area contributed by atoms with Crippen LogP contribution >= 0.6 is 24.4 Å². The summed E-state index contributed by atoms with van der Waals surface area (Å²) in [7, 11) is 3.26. The minimum atomic E-state index is -0.0821. The quantitative estimate of drug-likeness (QED) is 0.524. The maximum Gasteiger partial charge on any atom is 0.280 e. The van der Waals surface area contributed by atoms with Gasteiger partial charge in [-0.25, -0.2) is 9.97 Å². The van der Waals surface area contributed by atoms with Crippen molar-refractivity contribution in [2.24, 2.45) is 0 Å². The molecule has 0 N–H and O–H groups in total. The van der Waals surface area contributed by atoms with E-state index in [1.54, 1.807) is 36.7 Å². The minimum absolute atomic E-state index is 0.0821. The van der Waals surface area contributed by atoms with Gasteiger partial charge in [0.15, 0.2) is 10.7 Å². The Morgan fingerprint density at radius 2 is 1.93 bits per heavy atom. The van der Waals surface area contributed by atoms with Crippen LogP contribution in [0.15, 0.2) is 40.4 Å². The zero-order chi connectivity index (χ0) is 19.0. The smallest absolute Gasteiger partial charge is 0.280 e. The second-order valence-electron chi connectivity index (χ2n) is 6.34. The molecule has 0 radical (unpaired) electrons. The first-order valence-corrected chi connectivity index (χ1v) is 10.0. The van der Waals surface area contributed by atoms with Gasteiger partial charge in [0.05, 0.1) is 19.7 Å². The van der Waals surface area contributed by atoms with Gasteiger partial charge in [-0.2, -0.15) is 12.6 Å². The number of aromatic nitrogens is 3. The van der Waals surface area contributed by atoms with Gasteiger partial charge in [-0.15, -0.1) is 0 Å². The van der Waals surface area contributed by atoms with E-state index >= 15 is 0 Å². The molecule has 1 atom stereocenters. The van der Waals surface area contributed by atoms with Gasteiger partial charge in [0.1, 0.15) is 11.5 Å². The molecule has 0 spiro atoms. The SMILES string of the molecule is COc1cc(Cc2cnc3c(=O)n4c(nc3c2)S[C@@H](CS)C4)cc(OC)c1. The van der Waals surface area contributed by atoms with Crippen molar-refractivity contribution >= 4 is 35.4 Å². The van der Waals surface area contributed by atoms with E-state index in [4.69, 9.17) is 9.47 Å². The van der Waals surface area contributed by atoms with Crippen LogP contribution < -0.4 is 15.0 Å². The summed E-state index contributed by atoms with van der Waals surface area (Å²) >= 11 is 5.94. The summed E-state index contributed by atoms with van der Waals surface area (Å²) in [5.41, 5.74) is 2.97. The number of pyridine rings is 1. The van der Waals surface area contributed by atoms with Crippen molar-refractivity contribution in [3.8, 4) is 11.5 Å². The molecule has 0 saturated heterocycles. The topological polar surface area (TPSA) is 66.2 Å². The Bertz CT molecular complexity index is 1050. The number of rotatable bonds is 5. The number of fused-ring (bicyclic) bond motifs is 2. The van der Waals surface area contributed by atoms with Crippen molar-refractivity contribution in [1.82, 2.24) is 14.5 Å². The highest BCUT2D eigenvalue weighted by Crippen LogP contribution is 2.31. The highest BCUT2D eigenvalue weighted by Gasteiger charge is 2.25. The van der Waals surface area contributed by atoms with Gasteiger partial charge in [-0.05, 0) is 35.7 Å². The molecule has 3 heterocycles. The molecule has 27 heavy (non-hydrogen) atoms. The van der Waals surface area contributed by atoms with Gasteiger partial charge in [0.25, 0.3) is 5.56 Å². The number of hydrogen-bond donors (Lipinski definition) is 1. The maximum absolute atomic E-state index is 12.7. The van der Waals surface area contributed by atoms with E-state index in [-0.39, 0.29) is 10.8 Å².